The molecule has 2 nitrogen and oxygen atoms in total. The summed E-state index contributed by atoms with van der Waals surface area (Å²) in [6.45, 7) is 1.95. The number of pyridine rings is 1. The third kappa shape index (κ3) is 2.36. The van der Waals surface area contributed by atoms with Gasteiger partial charge in [0.05, 0.1) is 0 Å². The van der Waals surface area contributed by atoms with Gasteiger partial charge < -0.3 is 0 Å². The van der Waals surface area contributed by atoms with Gasteiger partial charge >= 0.3 is 0 Å². The first-order valence-electron chi connectivity index (χ1n) is 4.90. The number of halogens is 1. The Balaban J connectivity index is 2.32. The lowest BCUT2D eigenvalue weighted by Gasteiger charge is -2.00. The number of ketones is 1. The van der Waals surface area contributed by atoms with Gasteiger partial charge in [-0.25, -0.2) is 0 Å². The van der Waals surface area contributed by atoms with Crippen LogP contribution in [-0.2, 0) is 0 Å². The minimum Gasteiger partial charge on any atom is -0.287 e. The monoisotopic (exact) mass is 275 g/mol. The summed E-state index contributed by atoms with van der Waals surface area (Å²) in [7, 11) is 0. The van der Waals surface area contributed by atoms with Crippen molar-refractivity contribution in [2.24, 2.45) is 0 Å². The van der Waals surface area contributed by atoms with Crippen LogP contribution in [0.2, 0.25) is 0 Å². The quantitative estimate of drug-likeness (QED) is 0.787. The Morgan fingerprint density at radius 3 is 2.38 bits per heavy atom. The van der Waals surface area contributed by atoms with Crippen molar-refractivity contribution in [3.63, 3.8) is 0 Å². The van der Waals surface area contributed by atoms with E-state index in [2.05, 4.69) is 20.9 Å². The average molecular weight is 276 g/mol. The van der Waals surface area contributed by atoms with Gasteiger partial charge in [-0.05, 0) is 42.8 Å². The second kappa shape index (κ2) is 4.58. The van der Waals surface area contributed by atoms with Gasteiger partial charge in [0.15, 0.2) is 0 Å². The lowest BCUT2D eigenvalue weighted by Crippen LogP contribution is -2.03. The Morgan fingerprint density at radius 1 is 1.12 bits per heavy atom. The minimum absolute atomic E-state index is 0.0486. The van der Waals surface area contributed by atoms with E-state index in [1.807, 2.05) is 25.1 Å². The van der Waals surface area contributed by atoms with Crippen molar-refractivity contribution in [3.8, 4) is 0 Å². The molecule has 0 radical (unpaired) electrons. The first-order valence-corrected chi connectivity index (χ1v) is 5.69. The van der Waals surface area contributed by atoms with Crippen molar-refractivity contribution < 1.29 is 4.79 Å². The molecular formula is C13H10BrNO. The van der Waals surface area contributed by atoms with Gasteiger partial charge in [0, 0.05) is 16.2 Å². The van der Waals surface area contributed by atoms with Crippen molar-refractivity contribution in [2.75, 3.05) is 0 Å². The molecule has 0 bridgehead atoms. The summed E-state index contributed by atoms with van der Waals surface area (Å²) in [6.07, 6.45) is 1.70. The summed E-state index contributed by atoms with van der Waals surface area (Å²) in [5.41, 5.74) is 2.18. The van der Waals surface area contributed by atoms with Crippen LogP contribution < -0.4 is 0 Å². The molecule has 2 aromatic rings. The summed E-state index contributed by atoms with van der Waals surface area (Å²) in [4.78, 5) is 16.1. The Kier molecular flexibility index (Phi) is 3.15. The van der Waals surface area contributed by atoms with Gasteiger partial charge in [-0.3, -0.25) is 9.78 Å². The normalized spacial score (nSPS) is 10.1. The predicted octanol–water partition coefficient (Wildman–Crippen LogP) is 3.38. The van der Waals surface area contributed by atoms with Crippen LogP contribution in [0.4, 0.5) is 0 Å². The highest BCUT2D eigenvalue weighted by molar-refractivity contribution is 9.10. The average Bonchev–Trinajstić information content (AvgIpc) is 2.30. The zero-order valence-electron chi connectivity index (χ0n) is 8.77. The van der Waals surface area contributed by atoms with E-state index in [0.29, 0.717) is 11.3 Å². The highest BCUT2D eigenvalue weighted by Gasteiger charge is 2.09. The molecule has 80 valence electrons. The molecule has 0 fully saturated rings. The summed E-state index contributed by atoms with van der Waals surface area (Å²) < 4.78 is 0.959. The molecule has 0 spiro atoms. The minimum atomic E-state index is -0.0486. The van der Waals surface area contributed by atoms with Crippen LogP contribution in [0.15, 0.2) is 47.1 Å². The largest absolute Gasteiger partial charge is 0.287 e. The number of benzene rings is 1. The number of aryl methyl sites for hydroxylation is 1. The molecule has 0 aliphatic heterocycles. The number of hydrogen-bond acceptors (Lipinski definition) is 2. The molecule has 0 atom stereocenters. The molecule has 0 saturated heterocycles. The molecule has 16 heavy (non-hydrogen) atoms. The van der Waals surface area contributed by atoms with Gasteiger partial charge in [0.2, 0.25) is 5.78 Å². The Hall–Kier alpha value is -1.48. The predicted molar refractivity (Wildman–Crippen MR) is 66.5 cm³/mol. The SMILES string of the molecule is Cc1ccc(C(=O)c2ccc(Br)cc2)nc1. The standard InChI is InChI=1S/C13H10BrNO/c1-9-2-7-12(15-8-9)13(16)10-3-5-11(14)6-4-10/h2-8H,1H3. The van der Waals surface area contributed by atoms with Gasteiger partial charge in [0.1, 0.15) is 5.69 Å². The molecule has 0 amide bonds. The maximum Gasteiger partial charge on any atom is 0.211 e. The molecule has 0 unspecified atom stereocenters. The zero-order chi connectivity index (χ0) is 11.5. The first-order chi connectivity index (χ1) is 7.66. The van der Waals surface area contributed by atoms with E-state index >= 15 is 0 Å². The van der Waals surface area contributed by atoms with Gasteiger partial charge in [-0.15, -0.1) is 0 Å². The summed E-state index contributed by atoms with van der Waals surface area (Å²) in [5.74, 6) is -0.0486. The van der Waals surface area contributed by atoms with Gasteiger partial charge in [0.25, 0.3) is 0 Å². The van der Waals surface area contributed by atoms with Crippen LogP contribution in [0.3, 0.4) is 0 Å². The fourth-order valence-corrected chi connectivity index (χ4v) is 1.62. The van der Waals surface area contributed by atoms with Crippen molar-refractivity contribution in [3.05, 3.63) is 63.9 Å². The Bertz CT molecular complexity index is 455. The summed E-state index contributed by atoms with van der Waals surface area (Å²) in [6, 6.07) is 10.9. The molecule has 1 aromatic heterocycles. The lowest BCUT2D eigenvalue weighted by molar-refractivity contribution is 0.103. The van der Waals surface area contributed by atoms with Gasteiger partial charge in [-0.2, -0.15) is 0 Å². The van der Waals surface area contributed by atoms with Crippen LogP contribution in [0.25, 0.3) is 0 Å². The summed E-state index contributed by atoms with van der Waals surface area (Å²) >= 11 is 3.33. The number of rotatable bonds is 2. The van der Waals surface area contributed by atoms with E-state index < -0.39 is 0 Å². The van der Waals surface area contributed by atoms with Crippen LogP contribution in [-0.4, -0.2) is 10.8 Å². The Labute approximate surface area is 102 Å². The maximum atomic E-state index is 12.0. The maximum absolute atomic E-state index is 12.0. The van der Waals surface area contributed by atoms with E-state index in [0.717, 1.165) is 10.0 Å². The fraction of sp³-hybridized carbons (Fsp3) is 0.0769. The molecular weight excluding hydrogens is 266 g/mol. The zero-order valence-corrected chi connectivity index (χ0v) is 10.4. The van der Waals surface area contributed by atoms with Gasteiger partial charge in [-0.1, -0.05) is 22.0 Å². The molecule has 0 saturated carbocycles. The van der Waals surface area contributed by atoms with E-state index in [9.17, 15) is 4.79 Å². The topological polar surface area (TPSA) is 30.0 Å². The third-order valence-corrected chi connectivity index (χ3v) is 2.78. The molecule has 3 heteroatoms. The van der Waals surface area contributed by atoms with Crippen LogP contribution in [0, 0.1) is 6.92 Å². The number of hydrogen-bond donors (Lipinski definition) is 0. The van der Waals surface area contributed by atoms with Crippen molar-refractivity contribution >= 4 is 21.7 Å². The highest BCUT2D eigenvalue weighted by Crippen LogP contribution is 2.13. The van der Waals surface area contributed by atoms with E-state index in [1.165, 1.54) is 0 Å². The van der Waals surface area contributed by atoms with Crippen LogP contribution >= 0.6 is 15.9 Å². The molecule has 2 rings (SSSR count). The van der Waals surface area contributed by atoms with Crippen molar-refractivity contribution in [1.29, 1.82) is 0 Å². The number of carbonyl (C=O) groups is 1. The number of aromatic nitrogens is 1. The second-order valence-electron chi connectivity index (χ2n) is 3.56. The Morgan fingerprint density at radius 2 is 1.81 bits per heavy atom. The molecule has 1 aromatic carbocycles. The van der Waals surface area contributed by atoms with E-state index in [1.54, 1.807) is 24.4 Å². The lowest BCUT2D eigenvalue weighted by atomic mass is 10.1. The van der Waals surface area contributed by atoms with Crippen molar-refractivity contribution in [2.45, 2.75) is 6.92 Å². The van der Waals surface area contributed by atoms with Crippen molar-refractivity contribution in [1.82, 2.24) is 4.98 Å². The number of nitrogens with zero attached hydrogens (tertiary/aromatic N) is 1. The number of carbonyl (C=O) groups excluding carboxylic acids is 1. The van der Waals surface area contributed by atoms with E-state index in [4.69, 9.17) is 0 Å². The van der Waals surface area contributed by atoms with Crippen LogP contribution in [0.5, 0.6) is 0 Å². The molecule has 0 aliphatic rings. The summed E-state index contributed by atoms with van der Waals surface area (Å²) in [5, 5.41) is 0. The highest BCUT2D eigenvalue weighted by atomic mass is 79.9. The third-order valence-electron chi connectivity index (χ3n) is 2.25. The smallest absolute Gasteiger partial charge is 0.211 e. The second-order valence-corrected chi connectivity index (χ2v) is 4.47. The molecule has 1 heterocycles. The molecule has 0 aliphatic carbocycles. The molecule has 0 N–H and O–H groups in total. The first kappa shape index (κ1) is 11.0. The van der Waals surface area contributed by atoms with E-state index in [-0.39, 0.29) is 5.78 Å². The fourth-order valence-electron chi connectivity index (χ4n) is 1.35. The van der Waals surface area contributed by atoms with Crippen LogP contribution in [0.1, 0.15) is 21.6 Å².